The van der Waals surface area contributed by atoms with E-state index >= 15 is 0 Å². The Hall–Kier alpha value is -2.26. The van der Waals surface area contributed by atoms with Crippen LogP contribution in [0.25, 0.3) is 0 Å². The first-order chi connectivity index (χ1) is 15.8. The second-order valence-corrected chi connectivity index (χ2v) is 9.84. The number of nitrogens with zero attached hydrogens (tertiary/aromatic N) is 3. The van der Waals surface area contributed by atoms with Crippen molar-refractivity contribution >= 4 is 40.5 Å². The Morgan fingerprint density at radius 3 is 2.42 bits per heavy atom. The summed E-state index contributed by atoms with van der Waals surface area (Å²) in [5, 5.41) is 22.3. The van der Waals surface area contributed by atoms with Gasteiger partial charge in [-0.1, -0.05) is 59.1 Å². The highest BCUT2D eigenvalue weighted by atomic mass is 35.5. The van der Waals surface area contributed by atoms with Gasteiger partial charge in [-0.25, -0.2) is 0 Å². The van der Waals surface area contributed by atoms with Gasteiger partial charge in [-0.05, 0) is 60.5 Å². The zero-order chi connectivity index (χ0) is 23.6. The van der Waals surface area contributed by atoms with Crippen LogP contribution in [0.5, 0.6) is 0 Å². The van der Waals surface area contributed by atoms with E-state index in [0.717, 1.165) is 23.4 Å². The van der Waals surface area contributed by atoms with Gasteiger partial charge in [0.15, 0.2) is 0 Å². The molecule has 1 saturated heterocycles. The van der Waals surface area contributed by atoms with E-state index in [0.29, 0.717) is 40.3 Å². The average Bonchev–Trinajstić information content (AvgIpc) is 2.79. The van der Waals surface area contributed by atoms with Crippen molar-refractivity contribution in [3.8, 4) is 6.07 Å². The number of rotatable bonds is 5. The standard InChI is InChI=1S/C26H24Cl3N3O/c1-26(33,20-3-2-4-22(28)14-20)17-31-11-12-32(24-10-5-18(15-30)13-23(24)29)25(16-31)19-6-8-21(27)9-7-19/h2-10,13-14,25,33H,11-12,16-17H2,1H3/t25-,26-/m0/s1. The van der Waals surface area contributed by atoms with Crippen LogP contribution in [0.15, 0.2) is 66.7 Å². The maximum absolute atomic E-state index is 11.3. The summed E-state index contributed by atoms with van der Waals surface area (Å²) < 4.78 is 0. The highest BCUT2D eigenvalue weighted by molar-refractivity contribution is 6.33. The lowest BCUT2D eigenvalue weighted by atomic mass is 9.94. The molecule has 1 N–H and O–H groups in total. The van der Waals surface area contributed by atoms with Crippen LogP contribution in [0.3, 0.4) is 0 Å². The minimum absolute atomic E-state index is 0.00314. The van der Waals surface area contributed by atoms with Gasteiger partial charge in [-0.3, -0.25) is 4.90 Å². The summed E-state index contributed by atoms with van der Waals surface area (Å²) in [7, 11) is 0. The molecule has 170 valence electrons. The predicted octanol–water partition coefficient (Wildman–Crippen LogP) is 6.29. The van der Waals surface area contributed by atoms with E-state index in [9.17, 15) is 10.4 Å². The van der Waals surface area contributed by atoms with Crippen LogP contribution in [-0.2, 0) is 5.60 Å². The fourth-order valence-corrected chi connectivity index (χ4v) is 5.01. The number of piperazine rings is 1. The second-order valence-electron chi connectivity index (χ2n) is 8.56. The third-order valence-corrected chi connectivity index (χ3v) is 6.87. The van der Waals surface area contributed by atoms with Crippen LogP contribution >= 0.6 is 34.8 Å². The second kappa shape index (κ2) is 9.93. The van der Waals surface area contributed by atoms with Crippen LogP contribution in [0, 0.1) is 11.3 Å². The minimum Gasteiger partial charge on any atom is -0.384 e. The molecule has 3 aromatic rings. The van der Waals surface area contributed by atoms with E-state index in [4.69, 9.17) is 34.8 Å². The Bertz CT molecular complexity index is 1170. The molecule has 4 rings (SSSR count). The molecule has 33 heavy (non-hydrogen) atoms. The number of halogens is 3. The van der Waals surface area contributed by atoms with Crippen molar-refractivity contribution in [2.75, 3.05) is 31.1 Å². The van der Waals surface area contributed by atoms with Crippen molar-refractivity contribution in [1.82, 2.24) is 4.90 Å². The van der Waals surface area contributed by atoms with Gasteiger partial charge in [0.05, 0.1) is 34.0 Å². The first kappa shape index (κ1) is 23.9. The smallest absolute Gasteiger partial charge is 0.0995 e. The molecule has 4 nitrogen and oxygen atoms in total. The van der Waals surface area contributed by atoms with Crippen molar-refractivity contribution < 1.29 is 5.11 Å². The summed E-state index contributed by atoms with van der Waals surface area (Å²) >= 11 is 18.9. The molecule has 0 amide bonds. The third-order valence-electron chi connectivity index (χ3n) is 6.08. The van der Waals surface area contributed by atoms with Crippen LogP contribution in [0.1, 0.15) is 29.7 Å². The molecular formula is C26H24Cl3N3O. The average molecular weight is 501 g/mol. The first-order valence-electron chi connectivity index (χ1n) is 10.7. The van der Waals surface area contributed by atoms with E-state index in [1.54, 1.807) is 18.2 Å². The quantitative estimate of drug-likeness (QED) is 0.447. The van der Waals surface area contributed by atoms with E-state index in [1.165, 1.54) is 0 Å². The summed E-state index contributed by atoms with van der Waals surface area (Å²) in [5.41, 5.74) is 2.26. The SMILES string of the molecule is C[C@](O)(CN1CCN(c2ccc(C#N)cc2Cl)[C@H](c2ccc(Cl)cc2)C1)c1cccc(Cl)c1. The maximum Gasteiger partial charge on any atom is 0.0995 e. The molecule has 1 aliphatic rings. The zero-order valence-corrected chi connectivity index (χ0v) is 20.4. The largest absolute Gasteiger partial charge is 0.384 e. The molecule has 1 heterocycles. The zero-order valence-electron chi connectivity index (χ0n) is 18.2. The van der Waals surface area contributed by atoms with Crippen molar-refractivity contribution in [3.05, 3.63) is 98.5 Å². The number of nitriles is 1. The van der Waals surface area contributed by atoms with Gasteiger partial charge < -0.3 is 10.0 Å². The molecule has 0 radical (unpaired) electrons. The lowest BCUT2D eigenvalue weighted by Crippen LogP contribution is -2.52. The summed E-state index contributed by atoms with van der Waals surface area (Å²) in [6.45, 7) is 4.43. The monoisotopic (exact) mass is 499 g/mol. The molecule has 0 bridgehead atoms. The van der Waals surface area contributed by atoms with Crippen LogP contribution in [0.4, 0.5) is 5.69 Å². The van der Waals surface area contributed by atoms with E-state index in [-0.39, 0.29) is 6.04 Å². The molecule has 0 aromatic heterocycles. The summed E-state index contributed by atoms with van der Waals surface area (Å²) in [6.07, 6.45) is 0. The van der Waals surface area contributed by atoms with Crippen molar-refractivity contribution in [3.63, 3.8) is 0 Å². The number of hydrogen-bond acceptors (Lipinski definition) is 4. The molecule has 7 heteroatoms. The third kappa shape index (κ3) is 5.46. The van der Waals surface area contributed by atoms with Crippen molar-refractivity contribution in [1.29, 1.82) is 5.26 Å². The van der Waals surface area contributed by atoms with Gasteiger partial charge in [0, 0.05) is 36.2 Å². The van der Waals surface area contributed by atoms with E-state index < -0.39 is 5.60 Å². The number of β-amino-alcohol motifs (C(OH)–C–C–N with tert-alkyl or cyclic N) is 1. The minimum atomic E-state index is -1.05. The molecule has 3 aromatic carbocycles. The Morgan fingerprint density at radius 1 is 1.00 bits per heavy atom. The predicted molar refractivity (Wildman–Crippen MR) is 135 cm³/mol. The Morgan fingerprint density at radius 2 is 1.76 bits per heavy atom. The first-order valence-corrected chi connectivity index (χ1v) is 11.8. The Kier molecular flexibility index (Phi) is 7.19. The van der Waals surface area contributed by atoms with Crippen molar-refractivity contribution in [2.24, 2.45) is 0 Å². The van der Waals surface area contributed by atoms with Crippen LogP contribution < -0.4 is 4.90 Å². The molecule has 1 fully saturated rings. The van der Waals surface area contributed by atoms with E-state index in [2.05, 4.69) is 15.9 Å². The normalized spacial score (nSPS) is 18.5. The molecule has 1 aliphatic heterocycles. The highest BCUT2D eigenvalue weighted by Crippen LogP contribution is 2.37. The molecule has 0 aliphatic carbocycles. The lowest BCUT2D eigenvalue weighted by molar-refractivity contribution is 0.0103. The Balaban J connectivity index is 1.62. The number of benzene rings is 3. The van der Waals surface area contributed by atoms with Crippen LogP contribution in [-0.4, -0.2) is 36.2 Å². The highest BCUT2D eigenvalue weighted by Gasteiger charge is 2.34. The summed E-state index contributed by atoms with van der Waals surface area (Å²) in [6, 6.07) is 22.7. The molecule has 0 spiro atoms. The topological polar surface area (TPSA) is 50.5 Å². The number of hydrogen-bond donors (Lipinski definition) is 1. The molecule has 0 saturated carbocycles. The van der Waals surface area contributed by atoms with Gasteiger partial charge in [-0.15, -0.1) is 0 Å². The summed E-state index contributed by atoms with van der Waals surface area (Å²) in [4.78, 5) is 4.52. The Labute approximate surface area is 209 Å². The number of anilines is 1. The van der Waals surface area contributed by atoms with E-state index in [1.807, 2.05) is 55.5 Å². The van der Waals surface area contributed by atoms with Crippen LogP contribution in [0.2, 0.25) is 15.1 Å². The molecule has 2 atom stereocenters. The number of aliphatic hydroxyl groups is 1. The maximum atomic E-state index is 11.3. The van der Waals surface area contributed by atoms with Crippen molar-refractivity contribution in [2.45, 2.75) is 18.6 Å². The molecule has 0 unspecified atom stereocenters. The fourth-order valence-electron chi connectivity index (χ4n) is 4.40. The summed E-state index contributed by atoms with van der Waals surface area (Å²) in [5.74, 6) is 0. The van der Waals surface area contributed by atoms with Gasteiger partial charge in [0.25, 0.3) is 0 Å². The van der Waals surface area contributed by atoms with Gasteiger partial charge >= 0.3 is 0 Å². The lowest BCUT2D eigenvalue weighted by Gasteiger charge is -2.45. The van der Waals surface area contributed by atoms with Gasteiger partial charge in [0.2, 0.25) is 0 Å². The fraction of sp³-hybridized carbons (Fsp3) is 0.269. The van der Waals surface area contributed by atoms with Gasteiger partial charge in [0.1, 0.15) is 0 Å². The molecular weight excluding hydrogens is 477 g/mol. The van der Waals surface area contributed by atoms with Gasteiger partial charge in [-0.2, -0.15) is 5.26 Å².